The van der Waals surface area contributed by atoms with Gasteiger partial charge in [0.2, 0.25) is 0 Å². The quantitative estimate of drug-likeness (QED) is 0.592. The molecule has 1 aromatic carbocycles. The van der Waals surface area contributed by atoms with Gasteiger partial charge in [-0.2, -0.15) is 5.10 Å². The third-order valence-electron chi connectivity index (χ3n) is 3.58. The molecule has 0 saturated carbocycles. The van der Waals surface area contributed by atoms with Crippen LogP contribution in [-0.2, 0) is 6.54 Å². The third kappa shape index (κ3) is 3.51. The van der Waals surface area contributed by atoms with Crippen LogP contribution in [0.3, 0.4) is 0 Å². The molecular weight excluding hydrogens is 336 g/mol. The lowest BCUT2D eigenvalue weighted by atomic mass is 10.2. The number of anilines is 1. The molecule has 0 spiro atoms. The van der Waals surface area contributed by atoms with E-state index in [1.807, 2.05) is 41.8 Å². The Bertz CT molecular complexity index is 974. The fourth-order valence-electron chi connectivity index (χ4n) is 2.38. The zero-order valence-corrected chi connectivity index (χ0v) is 13.9. The van der Waals surface area contributed by atoms with Crippen LogP contribution >= 0.6 is 11.3 Å². The lowest BCUT2D eigenvalue weighted by Gasteiger charge is -2.01. The number of carbonyl (C=O) groups is 1. The number of nitrogens with one attached hydrogen (secondary N) is 1. The van der Waals surface area contributed by atoms with Gasteiger partial charge in [0.1, 0.15) is 5.69 Å². The van der Waals surface area contributed by atoms with E-state index in [1.165, 1.54) is 11.3 Å². The van der Waals surface area contributed by atoms with E-state index in [9.17, 15) is 4.79 Å². The molecule has 7 heteroatoms. The summed E-state index contributed by atoms with van der Waals surface area (Å²) in [7, 11) is 0. The van der Waals surface area contributed by atoms with Crippen molar-refractivity contribution in [3.05, 3.63) is 77.6 Å². The predicted molar refractivity (Wildman–Crippen MR) is 95.5 cm³/mol. The van der Waals surface area contributed by atoms with Crippen LogP contribution in [0.5, 0.6) is 0 Å². The molecule has 0 saturated heterocycles. The number of hydrogen-bond acceptors (Lipinski definition) is 5. The normalized spacial score (nSPS) is 10.7. The van der Waals surface area contributed by atoms with Gasteiger partial charge in [0, 0.05) is 11.6 Å². The Kier molecular flexibility index (Phi) is 4.14. The molecule has 0 radical (unpaired) electrons. The van der Waals surface area contributed by atoms with Crippen molar-refractivity contribution in [3.8, 4) is 11.5 Å². The van der Waals surface area contributed by atoms with Crippen molar-refractivity contribution in [2.75, 3.05) is 5.32 Å². The maximum absolute atomic E-state index is 12.4. The second kappa shape index (κ2) is 6.74. The molecule has 4 aromatic rings. The Hall–Kier alpha value is -3.19. The van der Waals surface area contributed by atoms with Crippen LogP contribution in [0.15, 0.2) is 70.9 Å². The highest BCUT2D eigenvalue weighted by atomic mass is 32.1. The van der Waals surface area contributed by atoms with Crippen LogP contribution in [0.25, 0.3) is 11.5 Å². The van der Waals surface area contributed by atoms with Gasteiger partial charge in [0.05, 0.1) is 24.6 Å². The number of benzene rings is 1. The largest absolute Gasteiger partial charge is 0.463 e. The van der Waals surface area contributed by atoms with Crippen molar-refractivity contribution in [2.45, 2.75) is 6.54 Å². The molecule has 3 heterocycles. The molecule has 1 N–H and O–H groups in total. The average Bonchev–Trinajstić information content (AvgIpc) is 3.37. The standard InChI is InChI=1S/C18H14N4O2S/c23-17(21-18-20-15(12-25-18)16-7-4-8-24-16)14-9-19-22(11-14)10-13-5-2-1-3-6-13/h1-9,11-12H,10H2,(H,20,21,23). The van der Waals surface area contributed by atoms with Gasteiger partial charge in [0.15, 0.2) is 10.9 Å². The molecule has 25 heavy (non-hydrogen) atoms. The van der Waals surface area contributed by atoms with Crippen molar-refractivity contribution in [1.82, 2.24) is 14.8 Å². The number of nitrogens with zero attached hydrogens (tertiary/aromatic N) is 3. The van der Waals surface area contributed by atoms with E-state index in [2.05, 4.69) is 15.4 Å². The lowest BCUT2D eigenvalue weighted by Crippen LogP contribution is -2.11. The first kappa shape index (κ1) is 15.3. The van der Waals surface area contributed by atoms with Crippen LogP contribution in [-0.4, -0.2) is 20.7 Å². The molecule has 0 aliphatic heterocycles. The number of rotatable bonds is 5. The number of aromatic nitrogens is 3. The molecule has 0 bridgehead atoms. The highest BCUT2D eigenvalue weighted by molar-refractivity contribution is 7.14. The van der Waals surface area contributed by atoms with E-state index in [1.54, 1.807) is 29.4 Å². The number of carbonyl (C=O) groups excluding carboxylic acids is 1. The third-order valence-corrected chi connectivity index (χ3v) is 4.34. The van der Waals surface area contributed by atoms with E-state index in [0.29, 0.717) is 28.7 Å². The molecule has 4 rings (SSSR count). The van der Waals surface area contributed by atoms with Gasteiger partial charge in [-0.15, -0.1) is 11.3 Å². The minimum absolute atomic E-state index is 0.236. The van der Waals surface area contributed by atoms with E-state index < -0.39 is 0 Å². The molecular formula is C18H14N4O2S. The first-order valence-electron chi connectivity index (χ1n) is 7.65. The highest BCUT2D eigenvalue weighted by Crippen LogP contribution is 2.25. The maximum atomic E-state index is 12.4. The minimum Gasteiger partial charge on any atom is -0.463 e. The van der Waals surface area contributed by atoms with Crippen molar-refractivity contribution in [1.29, 1.82) is 0 Å². The summed E-state index contributed by atoms with van der Waals surface area (Å²) in [6.45, 7) is 0.619. The molecule has 3 aromatic heterocycles. The minimum atomic E-state index is -0.236. The van der Waals surface area contributed by atoms with Crippen molar-refractivity contribution >= 4 is 22.4 Å². The Morgan fingerprint density at radius 1 is 1.20 bits per heavy atom. The molecule has 1 amide bonds. The van der Waals surface area contributed by atoms with Crippen LogP contribution in [0.2, 0.25) is 0 Å². The smallest absolute Gasteiger partial charge is 0.260 e. The second-order valence-corrected chi connectivity index (χ2v) is 6.24. The molecule has 0 aliphatic rings. The summed E-state index contributed by atoms with van der Waals surface area (Å²) in [5, 5.41) is 9.40. The summed E-state index contributed by atoms with van der Waals surface area (Å²) in [6, 6.07) is 13.6. The summed E-state index contributed by atoms with van der Waals surface area (Å²) in [4.78, 5) is 16.7. The van der Waals surface area contributed by atoms with Crippen molar-refractivity contribution < 1.29 is 9.21 Å². The molecule has 6 nitrogen and oxygen atoms in total. The van der Waals surface area contributed by atoms with Gasteiger partial charge in [-0.25, -0.2) is 4.98 Å². The predicted octanol–water partition coefficient (Wildman–Crippen LogP) is 3.90. The van der Waals surface area contributed by atoms with Gasteiger partial charge in [-0.1, -0.05) is 30.3 Å². The van der Waals surface area contributed by atoms with Gasteiger partial charge in [0.25, 0.3) is 5.91 Å². The Morgan fingerprint density at radius 3 is 2.88 bits per heavy atom. The van der Waals surface area contributed by atoms with E-state index in [4.69, 9.17) is 4.42 Å². The van der Waals surface area contributed by atoms with Gasteiger partial charge < -0.3 is 4.42 Å². The summed E-state index contributed by atoms with van der Waals surface area (Å²) in [5.41, 5.74) is 2.32. The first-order valence-corrected chi connectivity index (χ1v) is 8.53. The van der Waals surface area contributed by atoms with Crippen LogP contribution < -0.4 is 5.32 Å². The van der Waals surface area contributed by atoms with Crippen LogP contribution in [0.1, 0.15) is 15.9 Å². The summed E-state index contributed by atoms with van der Waals surface area (Å²) in [5.74, 6) is 0.437. The molecule has 0 fully saturated rings. The van der Waals surface area contributed by atoms with Gasteiger partial charge in [-0.3, -0.25) is 14.8 Å². The van der Waals surface area contributed by atoms with E-state index >= 15 is 0 Å². The van der Waals surface area contributed by atoms with Crippen molar-refractivity contribution in [3.63, 3.8) is 0 Å². The van der Waals surface area contributed by atoms with Crippen LogP contribution in [0, 0.1) is 0 Å². The average molecular weight is 350 g/mol. The van der Waals surface area contributed by atoms with Crippen molar-refractivity contribution in [2.24, 2.45) is 0 Å². The van der Waals surface area contributed by atoms with E-state index in [0.717, 1.165) is 5.56 Å². The first-order chi connectivity index (χ1) is 12.3. The lowest BCUT2D eigenvalue weighted by molar-refractivity contribution is 0.102. The Labute approximate surface area is 147 Å². The fourth-order valence-corrected chi connectivity index (χ4v) is 3.07. The number of furan rings is 1. The summed E-state index contributed by atoms with van der Waals surface area (Å²) in [6.07, 6.45) is 4.87. The second-order valence-electron chi connectivity index (χ2n) is 5.38. The monoisotopic (exact) mass is 350 g/mol. The zero-order chi connectivity index (χ0) is 17.1. The Balaban J connectivity index is 1.43. The number of amides is 1. The molecule has 0 aliphatic carbocycles. The zero-order valence-electron chi connectivity index (χ0n) is 13.1. The number of thiazole rings is 1. The topological polar surface area (TPSA) is 73.0 Å². The van der Waals surface area contributed by atoms with Crippen LogP contribution in [0.4, 0.5) is 5.13 Å². The highest BCUT2D eigenvalue weighted by Gasteiger charge is 2.13. The molecule has 0 unspecified atom stereocenters. The molecule has 0 atom stereocenters. The summed E-state index contributed by atoms with van der Waals surface area (Å²) < 4.78 is 7.04. The Morgan fingerprint density at radius 2 is 2.08 bits per heavy atom. The molecule has 124 valence electrons. The van der Waals surface area contributed by atoms with E-state index in [-0.39, 0.29) is 5.91 Å². The van der Waals surface area contributed by atoms with Gasteiger partial charge >= 0.3 is 0 Å². The van der Waals surface area contributed by atoms with Gasteiger partial charge in [-0.05, 0) is 17.7 Å². The number of hydrogen-bond donors (Lipinski definition) is 1. The summed E-state index contributed by atoms with van der Waals surface area (Å²) >= 11 is 1.35. The SMILES string of the molecule is O=C(Nc1nc(-c2ccco2)cs1)c1cnn(Cc2ccccc2)c1. The maximum Gasteiger partial charge on any atom is 0.260 e. The fraction of sp³-hybridized carbons (Fsp3) is 0.0556.